The average Bonchev–Trinajstić information content (AvgIpc) is 3.33. The van der Waals surface area contributed by atoms with Crippen molar-refractivity contribution in [2.24, 2.45) is 14.1 Å². The van der Waals surface area contributed by atoms with E-state index in [2.05, 4.69) is 4.98 Å². The van der Waals surface area contributed by atoms with Gasteiger partial charge in [0.05, 0.1) is 23.5 Å². The Kier molecular flexibility index (Phi) is 4.45. The normalized spacial score (nSPS) is 11.5. The van der Waals surface area contributed by atoms with Crippen LogP contribution in [0.15, 0.2) is 58.3 Å². The summed E-state index contributed by atoms with van der Waals surface area (Å²) in [5.74, 6) is 0.309. The minimum absolute atomic E-state index is 0.206. The van der Waals surface area contributed by atoms with E-state index >= 15 is 0 Å². The van der Waals surface area contributed by atoms with Gasteiger partial charge in [0.15, 0.2) is 11.2 Å². The lowest BCUT2D eigenvalue weighted by atomic mass is 10.1. The summed E-state index contributed by atoms with van der Waals surface area (Å²) < 4.78 is 25.6. The molecule has 0 aliphatic carbocycles. The first-order chi connectivity index (χ1) is 15.3. The summed E-state index contributed by atoms with van der Waals surface area (Å²) in [6, 6.07) is 11.4. The number of halogens is 2. The van der Waals surface area contributed by atoms with Crippen molar-refractivity contribution in [3.05, 3.63) is 80.3 Å². The first-order valence-corrected chi connectivity index (χ1v) is 9.99. The number of benzene rings is 2. The molecule has 0 atom stereocenters. The maximum atomic E-state index is 14.9. The van der Waals surface area contributed by atoms with Crippen molar-refractivity contribution in [2.45, 2.75) is 0 Å². The smallest absolute Gasteiger partial charge is 0.332 e. The molecule has 162 valence electrons. The molecular formula is C22H17ClFN5O3. The van der Waals surface area contributed by atoms with Crippen LogP contribution in [0.1, 0.15) is 0 Å². The number of ether oxygens (including phenoxy) is 1. The predicted octanol–water partition coefficient (Wildman–Crippen LogP) is 3.14. The highest BCUT2D eigenvalue weighted by Gasteiger charge is 2.23. The Labute approximate surface area is 185 Å². The van der Waals surface area contributed by atoms with Crippen molar-refractivity contribution < 1.29 is 9.13 Å². The molecule has 10 heteroatoms. The van der Waals surface area contributed by atoms with Crippen LogP contribution in [0.25, 0.3) is 33.9 Å². The lowest BCUT2D eigenvalue weighted by Gasteiger charge is -2.11. The second kappa shape index (κ2) is 7.10. The summed E-state index contributed by atoms with van der Waals surface area (Å²) in [6.45, 7) is 0. The van der Waals surface area contributed by atoms with Gasteiger partial charge in [-0.05, 0) is 30.3 Å². The maximum Gasteiger partial charge on any atom is 0.332 e. The van der Waals surface area contributed by atoms with Gasteiger partial charge < -0.3 is 4.74 Å². The van der Waals surface area contributed by atoms with E-state index in [1.54, 1.807) is 51.6 Å². The standard InChI is InChI=1S/C22H17ClFN5O3/c1-26-19-18(20(30)27(2)22(26)31)28-11-16(12-8-9-17(32-3)13(23)10-12)29(21(28)25-19)15-7-5-4-6-14(15)24/h4-11H,1-3H3. The second-order valence-corrected chi connectivity index (χ2v) is 7.72. The van der Waals surface area contributed by atoms with Gasteiger partial charge in [-0.3, -0.25) is 22.9 Å². The van der Waals surface area contributed by atoms with E-state index in [0.717, 1.165) is 4.57 Å². The van der Waals surface area contributed by atoms with Crippen LogP contribution in [0, 0.1) is 5.82 Å². The minimum Gasteiger partial charge on any atom is -0.495 e. The molecule has 0 saturated carbocycles. The first-order valence-electron chi connectivity index (χ1n) is 9.61. The number of nitrogens with zero attached hydrogens (tertiary/aromatic N) is 5. The lowest BCUT2D eigenvalue weighted by Crippen LogP contribution is -2.37. The van der Waals surface area contributed by atoms with Gasteiger partial charge in [-0.1, -0.05) is 23.7 Å². The van der Waals surface area contributed by atoms with Crippen molar-refractivity contribution >= 4 is 28.5 Å². The number of imidazole rings is 2. The first kappa shape index (κ1) is 20.1. The molecule has 0 bridgehead atoms. The van der Waals surface area contributed by atoms with E-state index in [4.69, 9.17) is 16.3 Å². The van der Waals surface area contributed by atoms with Gasteiger partial charge in [0.2, 0.25) is 5.78 Å². The fourth-order valence-corrected chi connectivity index (χ4v) is 4.13. The number of para-hydroxylation sites is 1. The van der Waals surface area contributed by atoms with E-state index < -0.39 is 17.1 Å². The SMILES string of the molecule is COc1ccc(-c2cn3c4c(=O)n(C)c(=O)n(C)c4nc3n2-c2ccccc2F)cc1Cl. The Morgan fingerprint density at radius 1 is 1.06 bits per heavy atom. The summed E-state index contributed by atoms with van der Waals surface area (Å²) in [7, 11) is 4.46. The Morgan fingerprint density at radius 3 is 2.50 bits per heavy atom. The van der Waals surface area contributed by atoms with Crippen LogP contribution >= 0.6 is 11.6 Å². The van der Waals surface area contributed by atoms with Gasteiger partial charge in [-0.25, -0.2) is 9.18 Å². The number of aromatic nitrogens is 5. The van der Waals surface area contributed by atoms with E-state index in [1.807, 2.05) is 0 Å². The molecule has 0 aliphatic rings. The van der Waals surface area contributed by atoms with Gasteiger partial charge >= 0.3 is 5.69 Å². The number of aryl methyl sites for hydroxylation is 1. The zero-order chi connectivity index (χ0) is 22.7. The third-order valence-corrected chi connectivity index (χ3v) is 5.80. The molecule has 0 radical (unpaired) electrons. The third-order valence-electron chi connectivity index (χ3n) is 5.51. The highest BCUT2D eigenvalue weighted by Crippen LogP contribution is 2.34. The summed E-state index contributed by atoms with van der Waals surface area (Å²) in [4.78, 5) is 29.9. The molecular weight excluding hydrogens is 437 g/mol. The zero-order valence-corrected chi connectivity index (χ0v) is 18.1. The highest BCUT2D eigenvalue weighted by atomic mass is 35.5. The number of hydrogen-bond acceptors (Lipinski definition) is 4. The van der Waals surface area contributed by atoms with Crippen LogP contribution < -0.4 is 16.0 Å². The molecule has 2 aromatic carbocycles. The third kappa shape index (κ3) is 2.71. The molecule has 0 aliphatic heterocycles. The molecule has 0 saturated heterocycles. The number of methoxy groups -OCH3 is 1. The van der Waals surface area contributed by atoms with Gasteiger partial charge in [0.25, 0.3) is 5.56 Å². The summed E-state index contributed by atoms with van der Waals surface area (Å²) in [5, 5.41) is 0.382. The lowest BCUT2D eigenvalue weighted by molar-refractivity contribution is 0.415. The van der Waals surface area contributed by atoms with Crippen LogP contribution in [-0.4, -0.2) is 30.2 Å². The number of fused-ring (bicyclic) bond motifs is 3. The topological polar surface area (TPSA) is 75.5 Å². The van der Waals surface area contributed by atoms with E-state index in [0.29, 0.717) is 22.0 Å². The van der Waals surface area contributed by atoms with Crippen molar-refractivity contribution in [3.8, 4) is 22.7 Å². The van der Waals surface area contributed by atoms with Crippen molar-refractivity contribution in [2.75, 3.05) is 7.11 Å². The van der Waals surface area contributed by atoms with Crippen LogP contribution in [0.4, 0.5) is 4.39 Å². The Balaban J connectivity index is 1.96. The van der Waals surface area contributed by atoms with Crippen LogP contribution in [0.2, 0.25) is 5.02 Å². The fraction of sp³-hybridized carbons (Fsp3) is 0.136. The Hall–Kier alpha value is -3.85. The molecule has 32 heavy (non-hydrogen) atoms. The summed E-state index contributed by atoms with van der Waals surface area (Å²) >= 11 is 6.34. The Morgan fingerprint density at radius 2 is 1.81 bits per heavy atom. The number of rotatable bonds is 3. The van der Waals surface area contributed by atoms with E-state index in [9.17, 15) is 14.0 Å². The minimum atomic E-state index is -0.499. The van der Waals surface area contributed by atoms with Gasteiger partial charge in [0.1, 0.15) is 11.6 Å². The summed E-state index contributed by atoms with van der Waals surface area (Å²) in [5.41, 5.74) is 0.877. The molecule has 0 unspecified atom stereocenters. The van der Waals surface area contributed by atoms with Crippen molar-refractivity contribution in [1.82, 2.24) is 23.1 Å². The molecule has 3 heterocycles. The monoisotopic (exact) mass is 453 g/mol. The van der Waals surface area contributed by atoms with E-state index in [1.165, 1.54) is 31.8 Å². The van der Waals surface area contributed by atoms with Gasteiger partial charge in [-0.2, -0.15) is 4.98 Å². The largest absolute Gasteiger partial charge is 0.495 e. The molecule has 8 nitrogen and oxygen atoms in total. The fourth-order valence-electron chi connectivity index (χ4n) is 3.87. The zero-order valence-electron chi connectivity index (χ0n) is 17.3. The molecule has 3 aromatic heterocycles. The Bertz CT molecular complexity index is 1660. The highest BCUT2D eigenvalue weighted by molar-refractivity contribution is 6.32. The van der Waals surface area contributed by atoms with Crippen LogP contribution in [-0.2, 0) is 14.1 Å². The number of hydrogen-bond donors (Lipinski definition) is 0. The second-order valence-electron chi connectivity index (χ2n) is 7.31. The van der Waals surface area contributed by atoms with Gasteiger partial charge in [0, 0.05) is 25.9 Å². The summed E-state index contributed by atoms with van der Waals surface area (Å²) in [6.07, 6.45) is 1.68. The molecule has 0 N–H and O–H groups in total. The molecule has 0 amide bonds. The predicted molar refractivity (Wildman–Crippen MR) is 119 cm³/mol. The van der Waals surface area contributed by atoms with Crippen molar-refractivity contribution in [3.63, 3.8) is 0 Å². The van der Waals surface area contributed by atoms with E-state index in [-0.39, 0.29) is 22.6 Å². The quantitative estimate of drug-likeness (QED) is 0.420. The van der Waals surface area contributed by atoms with Gasteiger partial charge in [-0.15, -0.1) is 0 Å². The van der Waals surface area contributed by atoms with Crippen LogP contribution in [0.3, 0.4) is 0 Å². The van der Waals surface area contributed by atoms with Crippen molar-refractivity contribution in [1.29, 1.82) is 0 Å². The molecule has 0 spiro atoms. The molecule has 5 aromatic rings. The molecule has 0 fully saturated rings. The molecule has 5 rings (SSSR count). The van der Waals surface area contributed by atoms with Crippen LogP contribution in [0.5, 0.6) is 5.75 Å². The maximum absolute atomic E-state index is 14.9. The average molecular weight is 454 g/mol.